The molecule has 0 saturated heterocycles. The molecule has 4 heteroatoms. The third kappa shape index (κ3) is 4.05. The van der Waals surface area contributed by atoms with Gasteiger partial charge in [-0.15, -0.1) is 11.3 Å². The van der Waals surface area contributed by atoms with Crippen LogP contribution >= 0.6 is 11.3 Å². The largest absolute Gasteiger partial charge is 0.378 e. The number of anilines is 1. The van der Waals surface area contributed by atoms with Gasteiger partial charge in [0.1, 0.15) is 0 Å². The lowest BCUT2D eigenvalue weighted by Crippen LogP contribution is -2.16. The second-order valence-corrected chi connectivity index (χ2v) is 7.62. The Kier molecular flexibility index (Phi) is 4.69. The van der Waals surface area contributed by atoms with Crippen molar-refractivity contribution in [3.05, 3.63) is 45.9 Å². The van der Waals surface area contributed by atoms with E-state index in [1.165, 1.54) is 5.69 Å². The Labute approximate surface area is 131 Å². The first-order valence-corrected chi connectivity index (χ1v) is 8.13. The molecule has 0 spiro atoms. The molecule has 0 fully saturated rings. The van der Waals surface area contributed by atoms with Gasteiger partial charge in [-0.25, -0.2) is 4.98 Å². The molecule has 3 nitrogen and oxygen atoms in total. The van der Waals surface area contributed by atoms with E-state index in [1.807, 2.05) is 14.1 Å². The minimum Gasteiger partial charge on any atom is -0.378 e. The highest BCUT2D eigenvalue weighted by Gasteiger charge is 2.18. The van der Waals surface area contributed by atoms with Crippen LogP contribution in [0, 0.1) is 0 Å². The lowest BCUT2D eigenvalue weighted by molar-refractivity contribution is 0.569. The number of nitrogens with zero attached hydrogens (tertiary/aromatic N) is 2. The molecular formula is C17H25N3S. The van der Waals surface area contributed by atoms with Gasteiger partial charge in [0, 0.05) is 43.0 Å². The molecule has 1 atom stereocenters. The molecule has 2 aromatic rings. The van der Waals surface area contributed by atoms with E-state index in [-0.39, 0.29) is 11.5 Å². The molecule has 21 heavy (non-hydrogen) atoms. The standard InChI is InChI=1S/C17H25N3S/c1-17(2,3)15-11-21-16(19-15)10-14(18)12-7-6-8-13(9-12)20(4)5/h6-9,11,14H,10,18H2,1-5H3. The molecule has 114 valence electrons. The Bertz CT molecular complexity index is 596. The molecule has 2 N–H and O–H groups in total. The maximum absolute atomic E-state index is 6.36. The Morgan fingerprint density at radius 2 is 2.00 bits per heavy atom. The lowest BCUT2D eigenvalue weighted by atomic mass is 9.93. The van der Waals surface area contributed by atoms with Crippen LogP contribution in [-0.4, -0.2) is 19.1 Å². The van der Waals surface area contributed by atoms with Crippen molar-refractivity contribution < 1.29 is 0 Å². The fourth-order valence-corrected chi connectivity index (χ4v) is 3.17. The van der Waals surface area contributed by atoms with E-state index >= 15 is 0 Å². The van der Waals surface area contributed by atoms with Crippen LogP contribution in [0.4, 0.5) is 5.69 Å². The molecule has 1 aromatic heterocycles. The predicted molar refractivity (Wildman–Crippen MR) is 92.2 cm³/mol. The number of thiazole rings is 1. The molecule has 1 heterocycles. The van der Waals surface area contributed by atoms with Crippen LogP contribution in [0.1, 0.15) is 43.1 Å². The smallest absolute Gasteiger partial charge is 0.0947 e. The molecule has 0 saturated carbocycles. The quantitative estimate of drug-likeness (QED) is 0.935. The van der Waals surface area contributed by atoms with Crippen LogP contribution in [-0.2, 0) is 11.8 Å². The highest BCUT2D eigenvalue weighted by atomic mass is 32.1. The summed E-state index contributed by atoms with van der Waals surface area (Å²) < 4.78 is 0. The molecular weight excluding hydrogens is 278 g/mol. The van der Waals surface area contributed by atoms with E-state index < -0.39 is 0 Å². The summed E-state index contributed by atoms with van der Waals surface area (Å²) in [5.41, 5.74) is 9.95. The topological polar surface area (TPSA) is 42.1 Å². The molecule has 1 aromatic carbocycles. The second kappa shape index (κ2) is 6.16. The van der Waals surface area contributed by atoms with Crippen LogP contribution in [0.5, 0.6) is 0 Å². The van der Waals surface area contributed by atoms with Gasteiger partial charge in [0.25, 0.3) is 0 Å². The van der Waals surface area contributed by atoms with E-state index in [0.29, 0.717) is 0 Å². The third-order valence-corrected chi connectivity index (χ3v) is 4.40. The minimum atomic E-state index is -0.0103. The molecule has 0 radical (unpaired) electrons. The zero-order valence-electron chi connectivity index (χ0n) is 13.6. The Morgan fingerprint density at radius 3 is 2.57 bits per heavy atom. The Balaban J connectivity index is 2.12. The maximum atomic E-state index is 6.36. The summed E-state index contributed by atoms with van der Waals surface area (Å²) in [4.78, 5) is 6.83. The van der Waals surface area contributed by atoms with Crippen molar-refractivity contribution in [2.24, 2.45) is 5.73 Å². The summed E-state index contributed by atoms with van der Waals surface area (Å²) in [5, 5.41) is 3.26. The van der Waals surface area contributed by atoms with Crippen molar-refractivity contribution in [2.75, 3.05) is 19.0 Å². The number of hydrogen-bond donors (Lipinski definition) is 1. The fourth-order valence-electron chi connectivity index (χ4n) is 2.09. The molecule has 0 aliphatic rings. The molecule has 0 bridgehead atoms. The molecule has 0 aliphatic heterocycles. The van der Waals surface area contributed by atoms with Gasteiger partial charge in [-0.2, -0.15) is 0 Å². The first-order chi connectivity index (χ1) is 9.77. The minimum absolute atomic E-state index is 0.0103. The van der Waals surface area contributed by atoms with Crippen LogP contribution in [0.3, 0.4) is 0 Å². The highest BCUT2D eigenvalue weighted by Crippen LogP contribution is 2.27. The van der Waals surface area contributed by atoms with Gasteiger partial charge in [0.15, 0.2) is 0 Å². The average molecular weight is 303 g/mol. The van der Waals surface area contributed by atoms with Crippen molar-refractivity contribution in [1.82, 2.24) is 4.98 Å². The summed E-state index contributed by atoms with van der Waals surface area (Å²) in [7, 11) is 4.09. The van der Waals surface area contributed by atoms with Crippen molar-refractivity contribution in [2.45, 2.75) is 38.6 Å². The van der Waals surface area contributed by atoms with Crippen LogP contribution in [0.2, 0.25) is 0 Å². The van der Waals surface area contributed by atoms with Crippen LogP contribution in [0.15, 0.2) is 29.6 Å². The van der Waals surface area contributed by atoms with Crippen molar-refractivity contribution in [1.29, 1.82) is 0 Å². The second-order valence-electron chi connectivity index (χ2n) is 6.68. The summed E-state index contributed by atoms with van der Waals surface area (Å²) in [6.07, 6.45) is 0.789. The number of rotatable bonds is 4. The van der Waals surface area contributed by atoms with E-state index in [1.54, 1.807) is 11.3 Å². The zero-order valence-corrected chi connectivity index (χ0v) is 14.4. The van der Waals surface area contributed by atoms with Crippen molar-refractivity contribution in [3.8, 4) is 0 Å². The number of hydrogen-bond acceptors (Lipinski definition) is 4. The van der Waals surface area contributed by atoms with Crippen molar-refractivity contribution >= 4 is 17.0 Å². The maximum Gasteiger partial charge on any atom is 0.0947 e. The van der Waals surface area contributed by atoms with Gasteiger partial charge < -0.3 is 10.6 Å². The number of nitrogens with two attached hydrogens (primary N) is 1. The van der Waals surface area contributed by atoms with Gasteiger partial charge in [0.05, 0.1) is 10.7 Å². The van der Waals surface area contributed by atoms with E-state index in [2.05, 4.69) is 55.3 Å². The van der Waals surface area contributed by atoms with Gasteiger partial charge in [-0.3, -0.25) is 0 Å². The summed E-state index contributed by atoms with van der Waals surface area (Å²) >= 11 is 1.71. The van der Waals surface area contributed by atoms with Crippen LogP contribution < -0.4 is 10.6 Å². The molecule has 2 rings (SSSR count). The Morgan fingerprint density at radius 1 is 1.29 bits per heavy atom. The van der Waals surface area contributed by atoms with Gasteiger partial charge in [0.2, 0.25) is 0 Å². The summed E-state index contributed by atoms with van der Waals surface area (Å²) in [6.45, 7) is 6.56. The monoisotopic (exact) mass is 303 g/mol. The Hall–Kier alpha value is -1.39. The van der Waals surface area contributed by atoms with E-state index in [9.17, 15) is 0 Å². The number of benzene rings is 1. The van der Waals surface area contributed by atoms with Gasteiger partial charge >= 0.3 is 0 Å². The first-order valence-electron chi connectivity index (χ1n) is 7.25. The summed E-state index contributed by atoms with van der Waals surface area (Å²) in [5.74, 6) is 0. The van der Waals surface area contributed by atoms with E-state index in [4.69, 9.17) is 10.7 Å². The molecule has 1 unspecified atom stereocenters. The molecule has 0 amide bonds. The van der Waals surface area contributed by atoms with Gasteiger partial charge in [-0.1, -0.05) is 32.9 Å². The fraction of sp³-hybridized carbons (Fsp3) is 0.471. The van der Waals surface area contributed by atoms with Crippen molar-refractivity contribution in [3.63, 3.8) is 0 Å². The van der Waals surface area contributed by atoms with Gasteiger partial charge in [-0.05, 0) is 17.7 Å². The highest BCUT2D eigenvalue weighted by molar-refractivity contribution is 7.09. The SMILES string of the molecule is CN(C)c1cccc(C(N)Cc2nc(C(C)(C)C)cs2)c1. The zero-order chi connectivity index (χ0) is 15.6. The average Bonchev–Trinajstić information content (AvgIpc) is 2.87. The third-order valence-electron chi connectivity index (χ3n) is 3.53. The predicted octanol–water partition coefficient (Wildman–Crippen LogP) is 3.75. The number of aromatic nitrogens is 1. The molecule has 0 aliphatic carbocycles. The lowest BCUT2D eigenvalue weighted by Gasteiger charge is -2.17. The normalized spacial score (nSPS) is 13.2. The van der Waals surface area contributed by atoms with E-state index in [0.717, 1.165) is 22.7 Å². The first kappa shape index (κ1) is 16.0. The van der Waals surface area contributed by atoms with Crippen LogP contribution in [0.25, 0.3) is 0 Å². The summed E-state index contributed by atoms with van der Waals surface area (Å²) in [6, 6.07) is 8.40.